The van der Waals surface area contributed by atoms with E-state index in [1.807, 2.05) is 6.92 Å². The Morgan fingerprint density at radius 2 is 2.00 bits per heavy atom. The Morgan fingerprint density at radius 1 is 1.25 bits per heavy atom. The molecule has 7 nitrogen and oxygen atoms in total. The van der Waals surface area contributed by atoms with Crippen LogP contribution in [0.1, 0.15) is 25.5 Å². The Morgan fingerprint density at radius 3 is 2.68 bits per heavy atom. The molecule has 0 unspecified atom stereocenters. The zero-order valence-electron chi connectivity index (χ0n) is 15.8. The quantitative estimate of drug-likeness (QED) is 0.806. The fourth-order valence-corrected chi connectivity index (χ4v) is 3.03. The summed E-state index contributed by atoms with van der Waals surface area (Å²) in [5.41, 5.74) is 0.833. The van der Waals surface area contributed by atoms with Crippen molar-refractivity contribution in [2.75, 3.05) is 30.3 Å². The Labute approximate surface area is 162 Å². The van der Waals surface area contributed by atoms with Crippen molar-refractivity contribution in [3.05, 3.63) is 41.6 Å². The number of ether oxygens (including phenoxy) is 1. The van der Waals surface area contributed by atoms with Crippen molar-refractivity contribution in [3.8, 4) is 0 Å². The van der Waals surface area contributed by atoms with Gasteiger partial charge in [0.15, 0.2) is 0 Å². The lowest BCUT2D eigenvalue weighted by molar-refractivity contribution is 0.0983. The van der Waals surface area contributed by atoms with E-state index in [0.29, 0.717) is 37.2 Å². The zero-order chi connectivity index (χ0) is 20.1. The SMILES string of the molecule is CCOC(=O)N1CCC(Nc2nc(C)cc(Nc3ccc(F)cc3F)n2)CC1. The van der Waals surface area contributed by atoms with Crippen LogP contribution in [-0.4, -0.2) is 46.7 Å². The van der Waals surface area contributed by atoms with Crippen LogP contribution in [0.2, 0.25) is 0 Å². The van der Waals surface area contributed by atoms with Gasteiger partial charge in [0.25, 0.3) is 0 Å². The predicted molar refractivity (Wildman–Crippen MR) is 102 cm³/mol. The summed E-state index contributed by atoms with van der Waals surface area (Å²) >= 11 is 0. The van der Waals surface area contributed by atoms with Crippen LogP contribution >= 0.6 is 0 Å². The minimum atomic E-state index is -0.697. The number of hydrogen-bond acceptors (Lipinski definition) is 6. The van der Waals surface area contributed by atoms with Crippen molar-refractivity contribution in [1.29, 1.82) is 0 Å². The second kappa shape index (κ2) is 8.81. The number of hydrogen-bond donors (Lipinski definition) is 2. The summed E-state index contributed by atoms with van der Waals surface area (Å²) in [5, 5.41) is 6.12. The fraction of sp³-hybridized carbons (Fsp3) is 0.421. The van der Waals surface area contributed by atoms with Gasteiger partial charge in [0, 0.05) is 37.0 Å². The third-order valence-corrected chi connectivity index (χ3v) is 4.40. The number of nitrogens with zero attached hydrogens (tertiary/aromatic N) is 3. The van der Waals surface area contributed by atoms with E-state index in [4.69, 9.17) is 4.74 Å². The van der Waals surface area contributed by atoms with Crippen LogP contribution in [0, 0.1) is 18.6 Å². The Kier molecular flexibility index (Phi) is 6.23. The van der Waals surface area contributed by atoms with Crippen LogP contribution in [-0.2, 0) is 4.74 Å². The fourth-order valence-electron chi connectivity index (χ4n) is 3.03. The van der Waals surface area contributed by atoms with Gasteiger partial charge in [-0.05, 0) is 38.8 Å². The molecule has 0 bridgehead atoms. The summed E-state index contributed by atoms with van der Waals surface area (Å²) in [4.78, 5) is 22.2. The number of rotatable bonds is 5. The van der Waals surface area contributed by atoms with Crippen molar-refractivity contribution in [3.63, 3.8) is 0 Å². The van der Waals surface area contributed by atoms with E-state index in [9.17, 15) is 13.6 Å². The smallest absolute Gasteiger partial charge is 0.409 e. The maximum absolute atomic E-state index is 13.9. The topological polar surface area (TPSA) is 79.4 Å². The molecule has 0 radical (unpaired) electrons. The number of aromatic nitrogens is 2. The van der Waals surface area contributed by atoms with Crippen molar-refractivity contribution in [2.24, 2.45) is 0 Å². The molecule has 1 aromatic heterocycles. The van der Waals surface area contributed by atoms with Crippen LogP contribution in [0.25, 0.3) is 0 Å². The summed E-state index contributed by atoms with van der Waals surface area (Å²) in [6.45, 7) is 5.13. The number of carbonyl (C=O) groups excluding carboxylic acids is 1. The monoisotopic (exact) mass is 391 g/mol. The lowest BCUT2D eigenvalue weighted by Gasteiger charge is -2.31. The molecule has 2 N–H and O–H groups in total. The average Bonchev–Trinajstić information content (AvgIpc) is 2.64. The molecule has 150 valence electrons. The van der Waals surface area contributed by atoms with Crippen molar-refractivity contribution in [1.82, 2.24) is 14.9 Å². The van der Waals surface area contributed by atoms with Gasteiger partial charge in [-0.3, -0.25) is 0 Å². The summed E-state index contributed by atoms with van der Waals surface area (Å²) in [7, 11) is 0. The van der Waals surface area contributed by atoms with Gasteiger partial charge in [-0.25, -0.2) is 18.6 Å². The van der Waals surface area contributed by atoms with Gasteiger partial charge < -0.3 is 20.3 Å². The number of amides is 1. The molecule has 1 aliphatic rings. The van der Waals surface area contributed by atoms with Gasteiger partial charge in [0.2, 0.25) is 5.95 Å². The van der Waals surface area contributed by atoms with Crippen LogP contribution in [0.3, 0.4) is 0 Å². The van der Waals surface area contributed by atoms with Gasteiger partial charge in [0.05, 0.1) is 12.3 Å². The van der Waals surface area contributed by atoms with Gasteiger partial charge in [-0.1, -0.05) is 0 Å². The lowest BCUT2D eigenvalue weighted by Crippen LogP contribution is -2.42. The van der Waals surface area contributed by atoms with Crippen LogP contribution in [0.5, 0.6) is 0 Å². The summed E-state index contributed by atoms with van der Waals surface area (Å²) in [6.07, 6.45) is 1.19. The molecule has 1 aliphatic heterocycles. The molecule has 1 amide bonds. The van der Waals surface area contributed by atoms with E-state index >= 15 is 0 Å². The molecule has 0 atom stereocenters. The number of aryl methyl sites for hydroxylation is 1. The standard InChI is InChI=1S/C19H23F2N5O2/c1-3-28-19(27)26-8-6-14(7-9-26)23-18-22-12(2)10-17(25-18)24-16-5-4-13(20)11-15(16)21/h4-5,10-11,14H,3,6-9H2,1-2H3,(H2,22,23,24,25). The third kappa shape index (κ3) is 5.05. The first-order chi connectivity index (χ1) is 13.4. The molecule has 2 aromatic rings. The number of likely N-dealkylation sites (tertiary alicyclic amines) is 1. The highest BCUT2D eigenvalue weighted by Gasteiger charge is 2.24. The predicted octanol–water partition coefficient (Wildman–Crippen LogP) is 3.84. The molecule has 2 heterocycles. The minimum absolute atomic E-state index is 0.114. The van der Waals surface area contributed by atoms with E-state index in [0.717, 1.165) is 18.9 Å². The number of nitrogens with one attached hydrogen (secondary N) is 2. The molecule has 0 spiro atoms. The van der Waals surface area contributed by atoms with E-state index < -0.39 is 11.6 Å². The Bertz CT molecular complexity index is 841. The molecule has 9 heteroatoms. The van der Waals surface area contributed by atoms with Gasteiger partial charge in [-0.2, -0.15) is 4.98 Å². The zero-order valence-corrected chi connectivity index (χ0v) is 15.8. The highest BCUT2D eigenvalue weighted by Crippen LogP contribution is 2.22. The number of halogens is 2. The first kappa shape index (κ1) is 19.8. The first-order valence-corrected chi connectivity index (χ1v) is 9.20. The van der Waals surface area contributed by atoms with Crippen LogP contribution in [0.4, 0.5) is 31.0 Å². The molecule has 1 saturated heterocycles. The molecule has 3 rings (SSSR count). The van der Waals surface area contributed by atoms with Crippen molar-refractivity contribution < 1.29 is 18.3 Å². The van der Waals surface area contributed by atoms with Gasteiger partial charge in [-0.15, -0.1) is 0 Å². The van der Waals surface area contributed by atoms with Crippen molar-refractivity contribution >= 4 is 23.5 Å². The number of anilines is 3. The number of piperidine rings is 1. The molecular weight excluding hydrogens is 368 g/mol. The number of carbonyl (C=O) groups is 1. The molecule has 28 heavy (non-hydrogen) atoms. The molecule has 1 aromatic carbocycles. The summed E-state index contributed by atoms with van der Waals surface area (Å²) in [6, 6.07) is 5.10. The Balaban J connectivity index is 1.63. The van der Waals surface area contributed by atoms with Crippen LogP contribution < -0.4 is 10.6 Å². The highest BCUT2D eigenvalue weighted by atomic mass is 19.1. The van der Waals surface area contributed by atoms with E-state index in [1.54, 1.807) is 17.9 Å². The lowest BCUT2D eigenvalue weighted by atomic mass is 10.1. The minimum Gasteiger partial charge on any atom is -0.450 e. The average molecular weight is 391 g/mol. The summed E-state index contributed by atoms with van der Waals surface area (Å²) < 4.78 is 31.9. The van der Waals surface area contributed by atoms with E-state index in [2.05, 4.69) is 20.6 Å². The molecule has 0 saturated carbocycles. The highest BCUT2D eigenvalue weighted by molar-refractivity contribution is 5.67. The van der Waals surface area contributed by atoms with Crippen molar-refractivity contribution in [2.45, 2.75) is 32.7 Å². The second-order valence-electron chi connectivity index (χ2n) is 6.57. The third-order valence-electron chi connectivity index (χ3n) is 4.40. The largest absolute Gasteiger partial charge is 0.450 e. The second-order valence-corrected chi connectivity index (χ2v) is 6.57. The Hall–Kier alpha value is -2.97. The maximum atomic E-state index is 13.9. The normalized spacial score (nSPS) is 14.6. The van der Waals surface area contributed by atoms with Gasteiger partial charge >= 0.3 is 6.09 Å². The van der Waals surface area contributed by atoms with E-state index in [-0.39, 0.29) is 17.8 Å². The number of benzene rings is 1. The van der Waals surface area contributed by atoms with E-state index in [1.165, 1.54) is 12.1 Å². The van der Waals surface area contributed by atoms with Gasteiger partial charge in [0.1, 0.15) is 17.5 Å². The molecular formula is C19H23F2N5O2. The summed E-state index contributed by atoms with van der Waals surface area (Å²) in [5.74, 6) is -0.514. The molecule has 1 fully saturated rings. The first-order valence-electron chi connectivity index (χ1n) is 9.20. The maximum Gasteiger partial charge on any atom is 0.409 e. The van der Waals surface area contributed by atoms with Crippen LogP contribution in [0.15, 0.2) is 24.3 Å². The molecule has 0 aliphatic carbocycles.